The summed E-state index contributed by atoms with van der Waals surface area (Å²) in [6.45, 7) is 0.773. The van der Waals surface area contributed by atoms with E-state index in [4.69, 9.17) is 4.74 Å². The zero-order chi connectivity index (χ0) is 19.2. The molecule has 0 aromatic heterocycles. The van der Waals surface area contributed by atoms with Gasteiger partial charge < -0.3 is 15.0 Å². The number of para-hydroxylation sites is 2. The Kier molecular flexibility index (Phi) is 6.08. The lowest BCUT2D eigenvalue weighted by molar-refractivity contribution is -0.124. The van der Waals surface area contributed by atoms with Crippen LogP contribution in [0.2, 0.25) is 0 Å². The third kappa shape index (κ3) is 4.65. The lowest BCUT2D eigenvalue weighted by Gasteiger charge is -2.26. The van der Waals surface area contributed by atoms with Gasteiger partial charge in [-0.05, 0) is 31.8 Å². The monoisotopic (exact) mass is 367 g/mol. The number of anilines is 1. The van der Waals surface area contributed by atoms with Crippen LogP contribution in [-0.4, -0.2) is 50.5 Å². The summed E-state index contributed by atoms with van der Waals surface area (Å²) >= 11 is 0. The Balaban J connectivity index is 1.67. The summed E-state index contributed by atoms with van der Waals surface area (Å²) < 4.78 is 5.62. The van der Waals surface area contributed by atoms with Gasteiger partial charge in [-0.3, -0.25) is 14.5 Å². The highest BCUT2D eigenvalue weighted by molar-refractivity contribution is 6.00. The molecule has 0 saturated heterocycles. The highest BCUT2D eigenvalue weighted by atomic mass is 16.5. The van der Waals surface area contributed by atoms with E-state index in [1.54, 1.807) is 6.07 Å². The van der Waals surface area contributed by atoms with Gasteiger partial charge in [0.1, 0.15) is 12.3 Å². The first kappa shape index (κ1) is 18.9. The van der Waals surface area contributed by atoms with Crippen molar-refractivity contribution in [2.75, 3.05) is 38.7 Å². The number of likely N-dealkylation sites (N-methyl/N-ethyl adjacent to an activating group) is 1. The van der Waals surface area contributed by atoms with Crippen LogP contribution in [0, 0.1) is 0 Å². The van der Waals surface area contributed by atoms with Crippen LogP contribution in [0.25, 0.3) is 0 Å². The van der Waals surface area contributed by atoms with Crippen molar-refractivity contribution in [2.45, 2.75) is 12.5 Å². The second kappa shape index (κ2) is 8.68. The molecule has 1 atom stereocenters. The predicted octanol–water partition coefficient (Wildman–Crippen LogP) is 2.22. The number of fused-ring (bicyclic) bond motifs is 1. The molecule has 1 heterocycles. The molecule has 0 aliphatic carbocycles. The molecule has 1 aliphatic heterocycles. The normalized spacial score (nSPS) is 14.9. The number of amides is 2. The first-order chi connectivity index (χ1) is 13.1. The van der Waals surface area contributed by atoms with Crippen LogP contribution in [0.4, 0.5) is 5.69 Å². The molecule has 0 saturated carbocycles. The van der Waals surface area contributed by atoms with Crippen molar-refractivity contribution >= 4 is 17.5 Å². The van der Waals surface area contributed by atoms with Crippen molar-refractivity contribution < 1.29 is 14.3 Å². The molecule has 1 aliphatic rings. The summed E-state index contributed by atoms with van der Waals surface area (Å²) in [6.07, 6.45) is 0.256. The molecular weight excluding hydrogens is 342 g/mol. The van der Waals surface area contributed by atoms with Crippen molar-refractivity contribution in [1.29, 1.82) is 0 Å². The maximum absolute atomic E-state index is 12.6. The largest absolute Gasteiger partial charge is 0.491 e. The highest BCUT2D eigenvalue weighted by Crippen LogP contribution is 2.30. The average molecular weight is 367 g/mol. The van der Waals surface area contributed by atoms with Gasteiger partial charge in [-0.25, -0.2) is 0 Å². The minimum absolute atomic E-state index is 0.0197. The molecule has 2 aromatic carbocycles. The first-order valence-corrected chi connectivity index (χ1v) is 9.06. The van der Waals surface area contributed by atoms with E-state index in [2.05, 4.69) is 10.2 Å². The lowest BCUT2D eigenvalue weighted by atomic mass is 10.1. The van der Waals surface area contributed by atoms with E-state index in [0.29, 0.717) is 24.6 Å². The number of benzene rings is 2. The van der Waals surface area contributed by atoms with Gasteiger partial charge in [0.2, 0.25) is 11.8 Å². The summed E-state index contributed by atoms with van der Waals surface area (Å²) in [4.78, 5) is 28.6. The zero-order valence-corrected chi connectivity index (χ0v) is 15.7. The fraction of sp³-hybridized carbons (Fsp3) is 0.333. The molecule has 6 heteroatoms. The minimum atomic E-state index is -0.192. The number of rotatable bonds is 6. The second-order valence-electron chi connectivity index (χ2n) is 6.74. The number of carbonyl (C=O) groups is 2. The maximum Gasteiger partial charge on any atom is 0.240 e. The second-order valence-corrected chi connectivity index (χ2v) is 6.74. The van der Waals surface area contributed by atoms with E-state index in [9.17, 15) is 9.59 Å². The zero-order valence-electron chi connectivity index (χ0n) is 15.7. The Hall–Kier alpha value is -2.86. The number of nitrogens with one attached hydrogen (secondary N) is 1. The smallest absolute Gasteiger partial charge is 0.240 e. The predicted molar refractivity (Wildman–Crippen MR) is 105 cm³/mol. The molecule has 0 spiro atoms. The third-order valence-corrected chi connectivity index (χ3v) is 4.63. The van der Waals surface area contributed by atoms with Crippen LogP contribution in [-0.2, 0) is 9.59 Å². The van der Waals surface area contributed by atoms with E-state index >= 15 is 0 Å². The minimum Gasteiger partial charge on any atom is -0.491 e. The third-order valence-electron chi connectivity index (χ3n) is 4.63. The molecule has 142 valence electrons. The quantitative estimate of drug-likeness (QED) is 0.850. The van der Waals surface area contributed by atoms with E-state index in [1.807, 2.05) is 62.6 Å². The average Bonchev–Trinajstić information content (AvgIpc) is 2.82. The number of hydrogen-bond acceptors (Lipinski definition) is 4. The topological polar surface area (TPSA) is 61.9 Å². The molecule has 3 rings (SSSR count). The van der Waals surface area contributed by atoms with Crippen LogP contribution in [0.1, 0.15) is 18.0 Å². The standard InChI is InChI=1S/C21H25N3O3/c1-23(2)18(16-8-4-3-5-9-16)14-22-20(25)15-24-17-10-6-7-11-19(17)27-13-12-21(24)26/h3-11,18H,12-15H2,1-2H3,(H,22,25)/t18-/m0/s1. The summed E-state index contributed by atoms with van der Waals surface area (Å²) in [7, 11) is 3.96. The molecule has 0 radical (unpaired) electrons. The van der Waals surface area contributed by atoms with Gasteiger partial charge in [-0.2, -0.15) is 0 Å². The van der Waals surface area contributed by atoms with Crippen LogP contribution in [0.15, 0.2) is 54.6 Å². The van der Waals surface area contributed by atoms with Crippen LogP contribution >= 0.6 is 0 Å². The van der Waals surface area contributed by atoms with E-state index < -0.39 is 0 Å². The Morgan fingerprint density at radius 3 is 2.59 bits per heavy atom. The number of hydrogen-bond donors (Lipinski definition) is 1. The Bertz CT molecular complexity index is 792. The molecule has 6 nitrogen and oxygen atoms in total. The Labute approximate surface area is 159 Å². The molecule has 0 bridgehead atoms. The van der Waals surface area contributed by atoms with Crippen molar-refractivity contribution in [3.8, 4) is 5.75 Å². The Morgan fingerprint density at radius 2 is 1.85 bits per heavy atom. The lowest BCUT2D eigenvalue weighted by Crippen LogP contribution is -2.43. The Morgan fingerprint density at radius 1 is 1.15 bits per heavy atom. The fourth-order valence-corrected chi connectivity index (χ4v) is 3.18. The molecule has 0 unspecified atom stereocenters. The van der Waals surface area contributed by atoms with Gasteiger partial charge in [-0.15, -0.1) is 0 Å². The molecular formula is C21H25N3O3. The molecule has 1 N–H and O–H groups in total. The summed E-state index contributed by atoms with van der Waals surface area (Å²) in [5.41, 5.74) is 1.77. The fourth-order valence-electron chi connectivity index (χ4n) is 3.18. The maximum atomic E-state index is 12.6. The van der Waals surface area contributed by atoms with E-state index in [-0.39, 0.29) is 30.8 Å². The van der Waals surface area contributed by atoms with Crippen LogP contribution in [0.3, 0.4) is 0 Å². The summed E-state index contributed by atoms with van der Waals surface area (Å²) in [5, 5.41) is 2.97. The summed E-state index contributed by atoms with van der Waals surface area (Å²) in [6, 6.07) is 17.4. The van der Waals surface area contributed by atoms with Crippen molar-refractivity contribution in [1.82, 2.24) is 10.2 Å². The molecule has 2 aromatic rings. The van der Waals surface area contributed by atoms with Gasteiger partial charge >= 0.3 is 0 Å². The highest BCUT2D eigenvalue weighted by Gasteiger charge is 2.25. The van der Waals surface area contributed by atoms with Gasteiger partial charge in [0, 0.05) is 6.54 Å². The van der Waals surface area contributed by atoms with Crippen LogP contribution < -0.4 is 15.0 Å². The number of nitrogens with zero attached hydrogens (tertiary/aromatic N) is 2. The summed E-state index contributed by atoms with van der Waals surface area (Å²) in [5.74, 6) is 0.330. The molecule has 0 fully saturated rings. The van der Waals surface area contributed by atoms with Gasteiger partial charge in [0.05, 0.1) is 24.8 Å². The number of ether oxygens (including phenoxy) is 1. The van der Waals surface area contributed by atoms with Gasteiger partial charge in [0.15, 0.2) is 0 Å². The SMILES string of the molecule is CN(C)[C@@H](CNC(=O)CN1C(=O)CCOc2ccccc21)c1ccccc1. The molecule has 27 heavy (non-hydrogen) atoms. The first-order valence-electron chi connectivity index (χ1n) is 9.06. The van der Waals surface area contributed by atoms with Gasteiger partial charge in [0.25, 0.3) is 0 Å². The van der Waals surface area contributed by atoms with E-state index in [0.717, 1.165) is 5.56 Å². The van der Waals surface area contributed by atoms with E-state index in [1.165, 1.54) is 4.90 Å². The van der Waals surface area contributed by atoms with Crippen molar-refractivity contribution in [3.05, 3.63) is 60.2 Å². The van der Waals surface area contributed by atoms with Crippen LogP contribution in [0.5, 0.6) is 5.75 Å². The van der Waals surface area contributed by atoms with Crippen molar-refractivity contribution in [3.63, 3.8) is 0 Å². The number of carbonyl (C=O) groups excluding carboxylic acids is 2. The van der Waals surface area contributed by atoms with Gasteiger partial charge in [-0.1, -0.05) is 42.5 Å². The van der Waals surface area contributed by atoms with Crippen molar-refractivity contribution in [2.24, 2.45) is 0 Å². The molecule has 2 amide bonds.